The van der Waals surface area contributed by atoms with Gasteiger partial charge in [0.1, 0.15) is 0 Å². The SMILES string of the molecule is CN(CC(=O)NC1CC1)C(=O)c1cccc(S(=O)(=O)N2CCCC2)c1. The lowest BCUT2D eigenvalue weighted by Crippen LogP contribution is -2.39. The van der Waals surface area contributed by atoms with Crippen molar-refractivity contribution in [1.82, 2.24) is 14.5 Å². The van der Waals surface area contributed by atoms with Gasteiger partial charge < -0.3 is 10.2 Å². The van der Waals surface area contributed by atoms with Crippen LogP contribution in [-0.2, 0) is 14.8 Å². The van der Waals surface area contributed by atoms with Crippen molar-refractivity contribution < 1.29 is 18.0 Å². The minimum Gasteiger partial charge on any atom is -0.352 e. The van der Waals surface area contributed by atoms with Gasteiger partial charge in [-0.05, 0) is 43.9 Å². The first-order chi connectivity index (χ1) is 11.9. The van der Waals surface area contributed by atoms with Crippen LogP contribution < -0.4 is 5.32 Å². The van der Waals surface area contributed by atoms with Crippen LogP contribution in [0, 0.1) is 0 Å². The van der Waals surface area contributed by atoms with Crippen molar-refractivity contribution >= 4 is 21.8 Å². The quantitative estimate of drug-likeness (QED) is 0.809. The van der Waals surface area contributed by atoms with Gasteiger partial charge in [-0.15, -0.1) is 0 Å². The maximum atomic E-state index is 12.6. The van der Waals surface area contributed by atoms with E-state index in [4.69, 9.17) is 0 Å². The predicted octanol–water partition coefficient (Wildman–Crippen LogP) is 0.822. The average Bonchev–Trinajstić information content (AvgIpc) is 3.21. The van der Waals surface area contributed by atoms with E-state index in [0.717, 1.165) is 25.7 Å². The Morgan fingerprint density at radius 2 is 1.92 bits per heavy atom. The summed E-state index contributed by atoms with van der Waals surface area (Å²) in [5.74, 6) is -0.566. The van der Waals surface area contributed by atoms with Crippen LogP contribution in [0.15, 0.2) is 29.2 Å². The molecule has 0 spiro atoms. The number of nitrogens with one attached hydrogen (secondary N) is 1. The van der Waals surface area contributed by atoms with Crippen LogP contribution in [-0.4, -0.2) is 62.2 Å². The van der Waals surface area contributed by atoms with Gasteiger partial charge in [0.15, 0.2) is 0 Å². The number of amides is 2. The molecule has 0 radical (unpaired) electrons. The van der Waals surface area contributed by atoms with Gasteiger partial charge in [0, 0.05) is 31.7 Å². The molecule has 25 heavy (non-hydrogen) atoms. The fraction of sp³-hybridized carbons (Fsp3) is 0.529. The molecule has 0 bridgehead atoms. The van der Waals surface area contributed by atoms with E-state index in [-0.39, 0.29) is 34.9 Å². The maximum absolute atomic E-state index is 12.6. The van der Waals surface area contributed by atoms with Gasteiger partial charge in [0.25, 0.3) is 5.91 Å². The zero-order chi connectivity index (χ0) is 18.0. The highest BCUT2D eigenvalue weighted by molar-refractivity contribution is 7.89. The fourth-order valence-electron chi connectivity index (χ4n) is 2.88. The smallest absolute Gasteiger partial charge is 0.254 e. The van der Waals surface area contributed by atoms with Crippen LogP contribution in [0.4, 0.5) is 0 Å². The van der Waals surface area contributed by atoms with Crippen molar-refractivity contribution in [2.24, 2.45) is 0 Å². The van der Waals surface area contributed by atoms with Gasteiger partial charge >= 0.3 is 0 Å². The minimum absolute atomic E-state index is 0.0432. The number of nitrogens with zero attached hydrogens (tertiary/aromatic N) is 2. The number of sulfonamides is 1. The molecule has 1 saturated heterocycles. The van der Waals surface area contributed by atoms with Gasteiger partial charge in [0.2, 0.25) is 15.9 Å². The number of hydrogen-bond acceptors (Lipinski definition) is 4. The van der Waals surface area contributed by atoms with Gasteiger partial charge in [-0.25, -0.2) is 8.42 Å². The summed E-state index contributed by atoms with van der Waals surface area (Å²) in [6.07, 6.45) is 3.69. The molecule has 136 valence electrons. The van der Waals surface area contributed by atoms with Crippen molar-refractivity contribution in [3.05, 3.63) is 29.8 Å². The molecule has 1 aromatic carbocycles. The van der Waals surface area contributed by atoms with Gasteiger partial charge in [0.05, 0.1) is 11.4 Å². The van der Waals surface area contributed by atoms with Crippen molar-refractivity contribution in [2.75, 3.05) is 26.7 Å². The Kier molecular flexibility index (Phi) is 5.10. The fourth-order valence-corrected chi connectivity index (χ4v) is 4.44. The normalized spacial score (nSPS) is 18.1. The number of likely N-dealkylation sites (N-methyl/N-ethyl adjacent to an activating group) is 1. The van der Waals surface area contributed by atoms with Crippen molar-refractivity contribution in [2.45, 2.75) is 36.6 Å². The minimum atomic E-state index is -3.57. The van der Waals surface area contributed by atoms with E-state index in [1.807, 2.05) is 0 Å². The molecule has 7 nitrogen and oxygen atoms in total. The lowest BCUT2D eigenvalue weighted by atomic mass is 10.2. The van der Waals surface area contributed by atoms with E-state index >= 15 is 0 Å². The third-order valence-corrected chi connectivity index (χ3v) is 6.35. The molecule has 0 unspecified atom stereocenters. The van der Waals surface area contributed by atoms with Crippen molar-refractivity contribution in [3.63, 3.8) is 0 Å². The van der Waals surface area contributed by atoms with E-state index in [0.29, 0.717) is 13.1 Å². The van der Waals surface area contributed by atoms with Gasteiger partial charge in [-0.2, -0.15) is 4.31 Å². The Bertz CT molecular complexity index is 768. The maximum Gasteiger partial charge on any atom is 0.254 e. The first kappa shape index (κ1) is 17.9. The summed E-state index contributed by atoms with van der Waals surface area (Å²) in [6, 6.07) is 6.27. The van der Waals surface area contributed by atoms with E-state index in [9.17, 15) is 18.0 Å². The summed E-state index contributed by atoms with van der Waals surface area (Å²) in [5, 5.41) is 2.83. The van der Waals surface area contributed by atoms with Crippen LogP contribution >= 0.6 is 0 Å². The molecular weight excluding hydrogens is 342 g/mol. The zero-order valence-electron chi connectivity index (χ0n) is 14.3. The molecule has 1 saturated carbocycles. The number of benzene rings is 1. The highest BCUT2D eigenvalue weighted by Gasteiger charge is 2.28. The van der Waals surface area contributed by atoms with Crippen LogP contribution in [0.3, 0.4) is 0 Å². The summed E-state index contributed by atoms with van der Waals surface area (Å²) in [5.41, 5.74) is 0.266. The number of carbonyl (C=O) groups is 2. The molecule has 8 heteroatoms. The second-order valence-electron chi connectivity index (χ2n) is 6.64. The largest absolute Gasteiger partial charge is 0.352 e. The lowest BCUT2D eigenvalue weighted by molar-refractivity contribution is -0.121. The van der Waals surface area contributed by atoms with E-state index in [1.54, 1.807) is 12.1 Å². The van der Waals surface area contributed by atoms with Crippen LogP contribution in [0.1, 0.15) is 36.0 Å². The summed E-state index contributed by atoms with van der Waals surface area (Å²) in [6.45, 7) is 0.988. The molecule has 2 fully saturated rings. The standard InChI is InChI=1S/C17H23N3O4S/c1-19(12-16(21)18-14-7-8-14)17(22)13-5-4-6-15(11-13)25(23,24)20-9-2-3-10-20/h4-6,11,14H,2-3,7-10,12H2,1H3,(H,18,21). The molecule has 3 rings (SSSR count). The molecule has 1 heterocycles. The molecule has 0 atom stereocenters. The molecule has 0 aromatic heterocycles. The van der Waals surface area contributed by atoms with Gasteiger partial charge in [-0.1, -0.05) is 6.07 Å². The van der Waals surface area contributed by atoms with Crippen LogP contribution in [0.2, 0.25) is 0 Å². The molecule has 1 N–H and O–H groups in total. The lowest BCUT2D eigenvalue weighted by Gasteiger charge is -2.18. The predicted molar refractivity (Wildman–Crippen MR) is 92.6 cm³/mol. The second-order valence-corrected chi connectivity index (χ2v) is 8.58. The number of hydrogen-bond donors (Lipinski definition) is 1. The third-order valence-electron chi connectivity index (χ3n) is 4.45. The summed E-state index contributed by atoms with van der Waals surface area (Å²) < 4.78 is 26.7. The molecular formula is C17H23N3O4S. The van der Waals surface area contributed by atoms with Gasteiger partial charge in [-0.3, -0.25) is 9.59 Å². The average molecular weight is 365 g/mol. The highest BCUT2D eigenvalue weighted by atomic mass is 32.2. The third kappa shape index (κ3) is 4.19. The Hall–Kier alpha value is -1.93. The van der Waals surface area contributed by atoms with Crippen LogP contribution in [0.5, 0.6) is 0 Å². The topological polar surface area (TPSA) is 86.8 Å². The monoisotopic (exact) mass is 365 g/mol. The molecule has 2 aliphatic rings. The summed E-state index contributed by atoms with van der Waals surface area (Å²) in [4.78, 5) is 25.8. The first-order valence-corrected chi connectivity index (χ1v) is 9.97. The number of carbonyl (C=O) groups excluding carboxylic acids is 2. The highest BCUT2D eigenvalue weighted by Crippen LogP contribution is 2.22. The van der Waals surface area contributed by atoms with Crippen molar-refractivity contribution in [3.8, 4) is 0 Å². The molecule has 1 aromatic rings. The first-order valence-electron chi connectivity index (χ1n) is 8.53. The Balaban J connectivity index is 1.71. The van der Waals surface area contributed by atoms with Crippen molar-refractivity contribution in [1.29, 1.82) is 0 Å². The molecule has 2 amide bonds. The molecule has 1 aliphatic heterocycles. The second kappa shape index (κ2) is 7.13. The Morgan fingerprint density at radius 3 is 2.56 bits per heavy atom. The van der Waals surface area contributed by atoms with E-state index < -0.39 is 10.0 Å². The zero-order valence-corrected chi connectivity index (χ0v) is 15.1. The van der Waals surface area contributed by atoms with E-state index in [2.05, 4.69) is 5.32 Å². The summed E-state index contributed by atoms with van der Waals surface area (Å²) >= 11 is 0. The van der Waals surface area contributed by atoms with E-state index in [1.165, 1.54) is 28.4 Å². The Labute approximate surface area is 148 Å². The number of rotatable bonds is 6. The van der Waals surface area contributed by atoms with Crippen LogP contribution in [0.25, 0.3) is 0 Å². The Morgan fingerprint density at radius 1 is 1.24 bits per heavy atom. The summed E-state index contributed by atoms with van der Waals surface area (Å²) in [7, 11) is -2.03. The molecule has 1 aliphatic carbocycles.